The van der Waals surface area contributed by atoms with Crippen LogP contribution >= 0.6 is 0 Å². The van der Waals surface area contributed by atoms with Crippen LogP contribution in [0.4, 0.5) is 0 Å². The summed E-state index contributed by atoms with van der Waals surface area (Å²) in [4.78, 5) is 14.3. The topological polar surface area (TPSA) is 54.0 Å². The van der Waals surface area contributed by atoms with Crippen LogP contribution in [0.3, 0.4) is 0 Å². The van der Waals surface area contributed by atoms with E-state index in [0.29, 0.717) is 12.5 Å². The van der Waals surface area contributed by atoms with Gasteiger partial charge in [0, 0.05) is 18.3 Å². The number of hydrogen-bond acceptors (Lipinski definition) is 2. The van der Waals surface area contributed by atoms with E-state index in [1.807, 2.05) is 43.6 Å². The molecule has 0 spiro atoms. The fourth-order valence-electron chi connectivity index (χ4n) is 2.97. The smallest absolute Gasteiger partial charge is 0.222 e. The summed E-state index contributed by atoms with van der Waals surface area (Å²) < 4.78 is 2.09. The van der Waals surface area contributed by atoms with Gasteiger partial charge >= 0.3 is 0 Å². The Morgan fingerprint density at radius 2 is 1.93 bits per heavy atom. The number of benzene rings is 1. The van der Waals surface area contributed by atoms with Crippen molar-refractivity contribution in [2.75, 3.05) is 6.54 Å². The Labute approximate surface area is 179 Å². The molecule has 0 aliphatic heterocycles. The van der Waals surface area contributed by atoms with Crippen molar-refractivity contribution in [2.24, 2.45) is 15.4 Å². The molecule has 5 heteroatoms. The quantitative estimate of drug-likeness (QED) is 0.453. The number of aromatic nitrogens is 2. The van der Waals surface area contributed by atoms with E-state index in [0.717, 1.165) is 29.0 Å². The van der Waals surface area contributed by atoms with Crippen LogP contribution in [0.2, 0.25) is 0 Å². The molecule has 0 unspecified atom stereocenters. The molecule has 0 bridgehead atoms. The molecule has 0 amide bonds. The summed E-state index contributed by atoms with van der Waals surface area (Å²) in [5.41, 5.74) is 5.18. The molecule has 3 rings (SSSR count). The number of nitrogens with zero attached hydrogens (tertiary/aromatic N) is 4. The van der Waals surface area contributed by atoms with E-state index < -0.39 is 0 Å². The van der Waals surface area contributed by atoms with Crippen molar-refractivity contribution in [1.29, 1.82) is 0 Å². The van der Waals surface area contributed by atoms with Crippen LogP contribution in [0.1, 0.15) is 45.9 Å². The van der Waals surface area contributed by atoms with Gasteiger partial charge in [-0.3, -0.25) is 9.39 Å². The molecule has 156 valence electrons. The van der Waals surface area contributed by atoms with Crippen molar-refractivity contribution in [2.45, 2.75) is 41.0 Å². The monoisotopic (exact) mass is 401 g/mol. The fourth-order valence-corrected chi connectivity index (χ4v) is 2.97. The Balaban J connectivity index is 2.08. The Hall–Kier alpha value is -3.21. The van der Waals surface area contributed by atoms with Crippen LogP contribution in [0.15, 0.2) is 70.9 Å². The highest BCUT2D eigenvalue weighted by atomic mass is 15.1. The van der Waals surface area contributed by atoms with Gasteiger partial charge < -0.3 is 5.32 Å². The predicted octanol–water partition coefficient (Wildman–Crippen LogP) is 5.51. The first-order chi connectivity index (χ1) is 14.4. The first-order valence-electron chi connectivity index (χ1n) is 10.4. The van der Waals surface area contributed by atoms with E-state index >= 15 is 0 Å². The second kappa shape index (κ2) is 9.53. The van der Waals surface area contributed by atoms with Crippen LogP contribution in [0.25, 0.3) is 16.9 Å². The number of fused-ring (bicyclic) bond motifs is 1. The molecule has 1 aromatic carbocycles. The van der Waals surface area contributed by atoms with Gasteiger partial charge in [0.05, 0.1) is 17.6 Å². The van der Waals surface area contributed by atoms with E-state index in [2.05, 4.69) is 77.9 Å². The van der Waals surface area contributed by atoms with Crippen molar-refractivity contribution in [3.63, 3.8) is 0 Å². The summed E-state index contributed by atoms with van der Waals surface area (Å²) in [5.74, 6) is 0.585. The third-order valence-corrected chi connectivity index (χ3v) is 4.57. The Bertz CT molecular complexity index is 1070. The van der Waals surface area contributed by atoms with Gasteiger partial charge in [-0.1, -0.05) is 64.1 Å². The average Bonchev–Trinajstić information content (AvgIpc) is 3.10. The highest BCUT2D eigenvalue weighted by Gasteiger charge is 2.13. The zero-order valence-corrected chi connectivity index (χ0v) is 18.6. The van der Waals surface area contributed by atoms with Gasteiger partial charge in [-0.25, -0.2) is 9.98 Å². The number of guanidine groups is 1. The average molecular weight is 402 g/mol. The maximum atomic E-state index is 4.91. The lowest BCUT2D eigenvalue weighted by Gasteiger charge is -2.14. The minimum atomic E-state index is 0.0907. The highest BCUT2D eigenvalue weighted by molar-refractivity contribution is 5.97. The predicted molar refractivity (Wildman–Crippen MR) is 127 cm³/mol. The first kappa shape index (κ1) is 21.5. The molecule has 0 saturated heterocycles. The lowest BCUT2D eigenvalue weighted by molar-refractivity contribution is 0.429. The molecule has 1 N–H and O–H groups in total. The molecule has 0 aliphatic carbocycles. The molecule has 3 aromatic rings. The van der Waals surface area contributed by atoms with Crippen LogP contribution in [-0.2, 0) is 6.42 Å². The van der Waals surface area contributed by atoms with E-state index in [9.17, 15) is 0 Å². The largest absolute Gasteiger partial charge is 0.331 e. The van der Waals surface area contributed by atoms with Crippen molar-refractivity contribution in [3.8, 4) is 11.3 Å². The molecule has 0 fully saturated rings. The number of rotatable bonds is 5. The number of aliphatic imine (C=N–C) groups is 2. The van der Waals surface area contributed by atoms with Gasteiger partial charge in [-0.2, -0.15) is 0 Å². The van der Waals surface area contributed by atoms with Gasteiger partial charge in [0.2, 0.25) is 5.96 Å². The number of imidazole rings is 1. The Morgan fingerprint density at radius 3 is 2.60 bits per heavy atom. The number of hydrogen-bond donors (Lipinski definition) is 1. The molecule has 0 aliphatic rings. The summed E-state index contributed by atoms with van der Waals surface area (Å²) in [6, 6.07) is 14.5. The summed E-state index contributed by atoms with van der Waals surface area (Å²) in [6.07, 6.45) is 8.67. The van der Waals surface area contributed by atoms with E-state index in [1.54, 1.807) is 0 Å². The van der Waals surface area contributed by atoms with Crippen LogP contribution in [0, 0.1) is 5.41 Å². The van der Waals surface area contributed by atoms with E-state index in [1.165, 1.54) is 5.56 Å². The number of aryl methyl sites for hydroxylation is 1. The number of pyridine rings is 1. The Kier molecular flexibility index (Phi) is 6.83. The van der Waals surface area contributed by atoms with E-state index in [-0.39, 0.29) is 5.41 Å². The minimum absolute atomic E-state index is 0.0907. The molecule has 5 nitrogen and oxygen atoms in total. The second-order valence-corrected chi connectivity index (χ2v) is 8.43. The SMILES string of the molecule is C/C=C\NC(=NCC(C)(C)C)/N=C/c1c(-c2ccccc2)nc2cc(CC)ccn12. The zero-order valence-electron chi connectivity index (χ0n) is 18.6. The van der Waals surface area contributed by atoms with Gasteiger partial charge in [-0.15, -0.1) is 0 Å². The first-order valence-corrected chi connectivity index (χ1v) is 10.4. The van der Waals surface area contributed by atoms with Gasteiger partial charge in [-0.05, 0) is 42.7 Å². The molecule has 0 atom stereocenters. The molecular formula is C25H31N5. The van der Waals surface area contributed by atoms with Crippen LogP contribution in [-0.4, -0.2) is 28.1 Å². The maximum absolute atomic E-state index is 4.91. The maximum Gasteiger partial charge on any atom is 0.222 e. The lowest BCUT2D eigenvalue weighted by atomic mass is 9.97. The van der Waals surface area contributed by atoms with Crippen LogP contribution in [0.5, 0.6) is 0 Å². The van der Waals surface area contributed by atoms with Crippen molar-refractivity contribution >= 4 is 17.8 Å². The summed E-state index contributed by atoms with van der Waals surface area (Å²) in [5, 5.41) is 3.17. The normalized spacial score (nSPS) is 13.0. The van der Waals surface area contributed by atoms with Gasteiger partial charge in [0.25, 0.3) is 0 Å². The molecule has 30 heavy (non-hydrogen) atoms. The zero-order chi connectivity index (χ0) is 21.6. The fraction of sp³-hybridized carbons (Fsp3) is 0.320. The number of nitrogens with one attached hydrogen (secondary N) is 1. The third-order valence-electron chi connectivity index (χ3n) is 4.57. The van der Waals surface area contributed by atoms with Crippen molar-refractivity contribution < 1.29 is 0 Å². The molecular weight excluding hydrogens is 370 g/mol. The molecule has 2 heterocycles. The summed E-state index contributed by atoms with van der Waals surface area (Å²) in [6.45, 7) is 11.3. The highest BCUT2D eigenvalue weighted by Crippen LogP contribution is 2.24. The van der Waals surface area contributed by atoms with Gasteiger partial charge in [0.1, 0.15) is 5.65 Å². The third kappa shape index (κ3) is 5.44. The molecule has 0 radical (unpaired) electrons. The summed E-state index contributed by atoms with van der Waals surface area (Å²) >= 11 is 0. The lowest BCUT2D eigenvalue weighted by Crippen LogP contribution is -2.19. The van der Waals surface area contributed by atoms with Crippen molar-refractivity contribution in [3.05, 3.63) is 72.2 Å². The second-order valence-electron chi connectivity index (χ2n) is 8.43. The standard InChI is InChI=1S/C25H31N5/c1-6-14-26-24(28-18-25(3,4)5)27-17-21-23(20-11-9-8-10-12-20)29-22-16-19(7-2)13-15-30(21)22/h6,8-17H,7,18H2,1-5H3,(H,26,28)/b14-6-,27-17+. The number of allylic oxidation sites excluding steroid dienone is 1. The molecule has 2 aromatic heterocycles. The minimum Gasteiger partial charge on any atom is -0.331 e. The van der Waals surface area contributed by atoms with Crippen LogP contribution < -0.4 is 5.32 Å². The Morgan fingerprint density at radius 1 is 1.17 bits per heavy atom. The molecule has 0 saturated carbocycles. The summed E-state index contributed by atoms with van der Waals surface area (Å²) in [7, 11) is 0. The van der Waals surface area contributed by atoms with Crippen molar-refractivity contribution in [1.82, 2.24) is 14.7 Å². The van der Waals surface area contributed by atoms with E-state index in [4.69, 9.17) is 4.98 Å². The van der Waals surface area contributed by atoms with Gasteiger partial charge in [0.15, 0.2) is 0 Å².